The number of aromatic nitrogens is 2. The van der Waals surface area contributed by atoms with Crippen molar-refractivity contribution in [1.82, 2.24) is 14.5 Å². The number of hydrogen-bond acceptors (Lipinski definition) is 4. The molecule has 2 aliphatic rings. The summed E-state index contributed by atoms with van der Waals surface area (Å²) in [7, 11) is 0. The number of rotatable bonds is 7. The predicted octanol–water partition coefficient (Wildman–Crippen LogP) is 7.60. The van der Waals surface area contributed by atoms with E-state index in [1.165, 1.54) is 24.8 Å². The Labute approximate surface area is 234 Å². The Morgan fingerprint density at radius 1 is 0.923 bits per heavy atom. The number of likely N-dealkylation sites (tertiary alicyclic amines) is 1. The first-order valence-electron chi connectivity index (χ1n) is 14.0. The van der Waals surface area contributed by atoms with Crippen LogP contribution in [0.2, 0.25) is 5.02 Å². The molecule has 3 aromatic carbocycles. The molecular weight excluding hydrogens is 510 g/mol. The molecule has 1 N–H and O–H groups in total. The number of aromatic carboxylic acids is 1. The highest BCUT2D eigenvalue weighted by Gasteiger charge is 2.24. The highest BCUT2D eigenvalue weighted by atomic mass is 35.5. The lowest BCUT2D eigenvalue weighted by Gasteiger charge is -2.32. The Morgan fingerprint density at radius 3 is 2.33 bits per heavy atom. The van der Waals surface area contributed by atoms with Crippen LogP contribution in [0, 0.1) is 0 Å². The van der Waals surface area contributed by atoms with E-state index >= 15 is 0 Å². The molecule has 0 bridgehead atoms. The summed E-state index contributed by atoms with van der Waals surface area (Å²) in [6.45, 7) is 2.96. The van der Waals surface area contributed by atoms with Crippen molar-refractivity contribution in [3.63, 3.8) is 0 Å². The summed E-state index contributed by atoms with van der Waals surface area (Å²) >= 11 is 6.02. The van der Waals surface area contributed by atoms with Gasteiger partial charge in [0.05, 0.1) is 16.6 Å². The molecule has 6 nitrogen and oxygen atoms in total. The molecule has 0 atom stereocenters. The van der Waals surface area contributed by atoms with Crippen LogP contribution in [-0.4, -0.2) is 44.7 Å². The number of imidazole rings is 1. The Morgan fingerprint density at radius 2 is 1.64 bits per heavy atom. The van der Waals surface area contributed by atoms with E-state index in [9.17, 15) is 9.90 Å². The zero-order valence-electron chi connectivity index (χ0n) is 22.1. The maximum Gasteiger partial charge on any atom is 0.335 e. The molecule has 2 heterocycles. The summed E-state index contributed by atoms with van der Waals surface area (Å²) < 4.78 is 8.71. The Balaban J connectivity index is 1.16. The fourth-order valence-corrected chi connectivity index (χ4v) is 6.18. The molecule has 7 heteroatoms. The van der Waals surface area contributed by atoms with Crippen molar-refractivity contribution in [1.29, 1.82) is 0 Å². The molecule has 6 rings (SSSR count). The third kappa shape index (κ3) is 5.82. The largest absolute Gasteiger partial charge is 0.490 e. The van der Waals surface area contributed by atoms with Gasteiger partial charge in [0.2, 0.25) is 0 Å². The minimum absolute atomic E-state index is 0.207. The molecule has 0 unspecified atom stereocenters. The van der Waals surface area contributed by atoms with E-state index in [1.54, 1.807) is 12.1 Å². The van der Waals surface area contributed by atoms with Gasteiger partial charge in [0, 0.05) is 36.3 Å². The van der Waals surface area contributed by atoms with Crippen LogP contribution in [0.15, 0.2) is 66.7 Å². The number of hydrogen-bond donors (Lipinski definition) is 1. The van der Waals surface area contributed by atoms with Crippen molar-refractivity contribution in [2.45, 2.75) is 63.6 Å². The van der Waals surface area contributed by atoms with E-state index in [4.69, 9.17) is 21.3 Å². The molecule has 1 aliphatic heterocycles. The number of carboxylic acid groups (broad SMARTS) is 1. The number of halogens is 1. The monoisotopic (exact) mass is 543 g/mol. The molecule has 4 aromatic rings. The molecule has 39 heavy (non-hydrogen) atoms. The second-order valence-corrected chi connectivity index (χ2v) is 11.3. The summed E-state index contributed by atoms with van der Waals surface area (Å²) in [6.07, 6.45) is 8.14. The van der Waals surface area contributed by atoms with Crippen LogP contribution >= 0.6 is 11.6 Å². The average molecular weight is 544 g/mol. The molecule has 1 aromatic heterocycles. The zero-order chi connectivity index (χ0) is 26.8. The minimum atomic E-state index is -0.928. The number of nitrogens with zero attached hydrogens (tertiary/aromatic N) is 3. The lowest BCUT2D eigenvalue weighted by molar-refractivity contribution is 0.0697. The first-order chi connectivity index (χ1) is 19.0. The van der Waals surface area contributed by atoms with Crippen LogP contribution < -0.4 is 4.74 Å². The molecular formula is C32H34ClN3O3. The van der Waals surface area contributed by atoms with E-state index in [0.29, 0.717) is 6.04 Å². The van der Waals surface area contributed by atoms with Gasteiger partial charge in [-0.15, -0.1) is 0 Å². The highest BCUT2D eigenvalue weighted by molar-refractivity contribution is 6.30. The van der Waals surface area contributed by atoms with Crippen molar-refractivity contribution in [3.05, 3.63) is 82.9 Å². The van der Waals surface area contributed by atoms with Crippen LogP contribution in [0.1, 0.15) is 66.9 Å². The van der Waals surface area contributed by atoms with Crippen LogP contribution in [0.5, 0.6) is 5.75 Å². The van der Waals surface area contributed by atoms with E-state index in [0.717, 1.165) is 78.5 Å². The highest BCUT2D eigenvalue weighted by Crippen LogP contribution is 2.36. The number of ether oxygens (including phenoxy) is 1. The number of benzene rings is 3. The Bertz CT molecular complexity index is 1430. The van der Waals surface area contributed by atoms with Crippen LogP contribution in [-0.2, 0) is 6.54 Å². The first kappa shape index (κ1) is 25.9. The van der Waals surface area contributed by atoms with Crippen molar-refractivity contribution >= 4 is 28.6 Å². The van der Waals surface area contributed by atoms with Gasteiger partial charge in [0.25, 0.3) is 0 Å². The van der Waals surface area contributed by atoms with E-state index in [-0.39, 0.29) is 11.7 Å². The normalized spacial score (nSPS) is 17.5. The summed E-state index contributed by atoms with van der Waals surface area (Å²) in [4.78, 5) is 19.0. The minimum Gasteiger partial charge on any atom is -0.490 e. The first-order valence-corrected chi connectivity index (χ1v) is 14.4. The van der Waals surface area contributed by atoms with Crippen molar-refractivity contribution in [3.8, 4) is 17.1 Å². The quantitative estimate of drug-likeness (QED) is 0.260. The van der Waals surface area contributed by atoms with Crippen LogP contribution in [0.25, 0.3) is 22.4 Å². The molecule has 0 radical (unpaired) electrons. The number of carboxylic acids is 1. The van der Waals surface area contributed by atoms with E-state index in [2.05, 4.69) is 33.7 Å². The molecule has 0 spiro atoms. The molecule has 2 fully saturated rings. The van der Waals surface area contributed by atoms with Gasteiger partial charge < -0.3 is 14.4 Å². The van der Waals surface area contributed by atoms with Gasteiger partial charge >= 0.3 is 5.97 Å². The number of piperidine rings is 1. The van der Waals surface area contributed by atoms with Crippen molar-refractivity contribution < 1.29 is 14.6 Å². The maximum atomic E-state index is 11.6. The van der Waals surface area contributed by atoms with Crippen LogP contribution in [0.3, 0.4) is 0 Å². The van der Waals surface area contributed by atoms with E-state index < -0.39 is 5.97 Å². The standard InChI is InChI=1S/C32H34ClN3O3/c33-25-11-6-22(7-12-25)21-35-18-16-28(17-19-35)39-27-13-8-23(9-14-27)31-34-29-20-24(32(37)38)10-15-30(29)36(31)26-4-2-1-3-5-26/h6-15,20,26,28H,1-5,16-19,21H2,(H,37,38). The topological polar surface area (TPSA) is 67.6 Å². The van der Waals surface area contributed by atoms with E-state index in [1.807, 2.05) is 30.3 Å². The molecule has 1 aliphatic carbocycles. The lowest BCUT2D eigenvalue weighted by Crippen LogP contribution is -2.37. The summed E-state index contributed by atoms with van der Waals surface area (Å²) in [6, 6.07) is 22.0. The molecule has 1 saturated heterocycles. The number of fused-ring (bicyclic) bond motifs is 1. The Kier molecular flexibility index (Phi) is 7.58. The fourth-order valence-electron chi connectivity index (χ4n) is 6.05. The smallest absolute Gasteiger partial charge is 0.335 e. The number of carbonyl (C=O) groups is 1. The lowest BCUT2D eigenvalue weighted by atomic mass is 9.95. The zero-order valence-corrected chi connectivity index (χ0v) is 22.8. The van der Waals surface area contributed by atoms with Crippen LogP contribution in [0.4, 0.5) is 0 Å². The Hall–Kier alpha value is -3.35. The summed E-state index contributed by atoms with van der Waals surface area (Å²) in [5, 5.41) is 10.3. The molecule has 1 saturated carbocycles. The van der Waals surface area contributed by atoms with Gasteiger partial charge in [-0.1, -0.05) is 43.0 Å². The van der Waals surface area contributed by atoms with Gasteiger partial charge in [-0.2, -0.15) is 0 Å². The summed E-state index contributed by atoms with van der Waals surface area (Å²) in [5.74, 6) is 0.855. The predicted molar refractivity (Wildman–Crippen MR) is 155 cm³/mol. The van der Waals surface area contributed by atoms with Gasteiger partial charge in [0.15, 0.2) is 0 Å². The summed E-state index contributed by atoms with van der Waals surface area (Å²) in [5.41, 5.74) is 4.32. The average Bonchev–Trinajstić information content (AvgIpc) is 3.35. The van der Waals surface area contributed by atoms with Gasteiger partial charge in [-0.05, 0) is 85.8 Å². The van der Waals surface area contributed by atoms with Crippen molar-refractivity contribution in [2.24, 2.45) is 0 Å². The van der Waals surface area contributed by atoms with Gasteiger partial charge in [-0.3, -0.25) is 4.90 Å². The van der Waals surface area contributed by atoms with Gasteiger partial charge in [0.1, 0.15) is 17.7 Å². The van der Waals surface area contributed by atoms with Gasteiger partial charge in [-0.25, -0.2) is 9.78 Å². The SMILES string of the molecule is O=C(O)c1ccc2c(c1)nc(-c1ccc(OC3CCN(Cc4ccc(Cl)cc4)CC3)cc1)n2C1CCCCC1. The second kappa shape index (κ2) is 11.4. The fraction of sp³-hybridized carbons (Fsp3) is 0.375. The third-order valence-electron chi connectivity index (χ3n) is 8.15. The second-order valence-electron chi connectivity index (χ2n) is 10.9. The third-order valence-corrected chi connectivity index (χ3v) is 8.40. The molecule has 202 valence electrons. The van der Waals surface area contributed by atoms with Crippen molar-refractivity contribution in [2.75, 3.05) is 13.1 Å². The maximum absolute atomic E-state index is 11.6. The molecule has 0 amide bonds.